The molecular weight excluding hydrogens is 403 g/mol. The number of nitrogens with zero attached hydrogens (tertiary/aromatic N) is 4. The van der Waals surface area contributed by atoms with Gasteiger partial charge in [-0.2, -0.15) is 10.5 Å². The lowest BCUT2D eigenvalue weighted by molar-refractivity contribution is 0.288. The lowest BCUT2D eigenvalue weighted by Gasteiger charge is -2.11. The minimum Gasteiger partial charge on any atom is -0.485 e. The number of nitrogens with one attached hydrogen (secondary N) is 2. The van der Waals surface area contributed by atoms with Gasteiger partial charge >= 0.3 is 0 Å². The number of halogens is 2. The summed E-state index contributed by atoms with van der Waals surface area (Å²) < 4.78 is 20.4. The van der Waals surface area contributed by atoms with Crippen LogP contribution in [0.1, 0.15) is 11.4 Å². The quantitative estimate of drug-likeness (QED) is 0.597. The summed E-state index contributed by atoms with van der Waals surface area (Å²) >= 11 is 3.30. The molecule has 1 aromatic heterocycles. The first-order valence-corrected chi connectivity index (χ1v) is 8.23. The maximum absolute atomic E-state index is 14.4. The topological polar surface area (TPSA) is 99.5 Å². The van der Waals surface area contributed by atoms with Crippen LogP contribution in [0.5, 0.6) is 5.75 Å². The number of benzene rings is 2. The van der Waals surface area contributed by atoms with Crippen molar-refractivity contribution in [2.75, 3.05) is 5.32 Å². The molecule has 0 fully saturated rings. The average Bonchev–Trinajstić information content (AvgIpc) is 3.17. The van der Waals surface area contributed by atoms with Crippen LogP contribution >= 0.6 is 15.9 Å². The largest absolute Gasteiger partial charge is 0.485 e. The van der Waals surface area contributed by atoms with E-state index in [2.05, 4.69) is 41.9 Å². The van der Waals surface area contributed by atoms with Crippen molar-refractivity contribution in [2.24, 2.45) is 0 Å². The Balaban J connectivity index is 1.74. The van der Waals surface area contributed by atoms with Gasteiger partial charge in [0.15, 0.2) is 11.6 Å². The molecule has 26 heavy (non-hydrogen) atoms. The standard InChI is InChI=1S/C17H12BrFN6O/c18-14-6-13(21-9-12(8-20)17-22-24-25-23-17)7-15(19)16(14)26-10-11-4-2-1-3-5-11/h1-7,9,21H,10H2,(H,22,23,24,25). The highest BCUT2D eigenvalue weighted by atomic mass is 79.9. The van der Waals surface area contributed by atoms with Crippen LogP contribution in [0.15, 0.2) is 53.1 Å². The van der Waals surface area contributed by atoms with Crippen molar-refractivity contribution in [2.45, 2.75) is 6.61 Å². The molecule has 0 amide bonds. The Hall–Kier alpha value is -3.25. The molecule has 0 aliphatic carbocycles. The van der Waals surface area contributed by atoms with Gasteiger partial charge in [-0.25, -0.2) is 4.39 Å². The van der Waals surface area contributed by atoms with Gasteiger partial charge in [-0.05, 0) is 32.8 Å². The SMILES string of the molecule is N#CC(=CNc1cc(F)c(OCc2ccccc2)c(Br)c1)c1nn[nH]n1. The Morgan fingerprint density at radius 3 is 2.81 bits per heavy atom. The molecule has 0 atom stereocenters. The summed E-state index contributed by atoms with van der Waals surface area (Å²) in [7, 11) is 0. The summed E-state index contributed by atoms with van der Waals surface area (Å²) in [6.07, 6.45) is 1.37. The average molecular weight is 415 g/mol. The Labute approximate surface area is 156 Å². The number of hydrogen-bond acceptors (Lipinski definition) is 6. The fourth-order valence-corrected chi connectivity index (χ4v) is 2.64. The number of aromatic nitrogens is 4. The van der Waals surface area contributed by atoms with Crippen molar-refractivity contribution < 1.29 is 9.13 Å². The van der Waals surface area contributed by atoms with Gasteiger partial charge < -0.3 is 10.1 Å². The summed E-state index contributed by atoms with van der Waals surface area (Å²) in [5.74, 6) is -0.284. The minimum absolute atomic E-state index is 0.113. The number of H-pyrrole nitrogens is 1. The fraction of sp³-hybridized carbons (Fsp3) is 0.0588. The maximum atomic E-state index is 14.4. The number of aromatic amines is 1. The molecule has 0 unspecified atom stereocenters. The van der Waals surface area contributed by atoms with Gasteiger partial charge in [0.25, 0.3) is 0 Å². The van der Waals surface area contributed by atoms with E-state index in [1.54, 1.807) is 6.07 Å². The van der Waals surface area contributed by atoms with Gasteiger partial charge in [-0.15, -0.1) is 10.2 Å². The van der Waals surface area contributed by atoms with Gasteiger partial charge in [0.1, 0.15) is 18.2 Å². The van der Waals surface area contributed by atoms with Gasteiger partial charge in [-0.1, -0.05) is 30.3 Å². The Morgan fingerprint density at radius 1 is 1.35 bits per heavy atom. The first-order valence-electron chi connectivity index (χ1n) is 7.44. The van der Waals surface area contributed by atoms with Crippen LogP contribution in [0.4, 0.5) is 10.1 Å². The fourth-order valence-electron chi connectivity index (χ4n) is 2.09. The van der Waals surface area contributed by atoms with Crippen molar-refractivity contribution in [3.8, 4) is 11.8 Å². The zero-order chi connectivity index (χ0) is 18.4. The van der Waals surface area contributed by atoms with E-state index < -0.39 is 5.82 Å². The Kier molecular flexibility index (Phi) is 5.56. The number of tetrazole rings is 1. The molecule has 3 rings (SSSR count). The van der Waals surface area contributed by atoms with Crippen LogP contribution in [-0.4, -0.2) is 20.6 Å². The number of allylic oxidation sites excluding steroid dienone is 1. The van der Waals surface area contributed by atoms with Crippen LogP contribution in [0.3, 0.4) is 0 Å². The normalized spacial score (nSPS) is 11.0. The molecule has 2 N–H and O–H groups in total. The number of rotatable bonds is 6. The second-order valence-electron chi connectivity index (χ2n) is 5.09. The van der Waals surface area contributed by atoms with E-state index in [9.17, 15) is 4.39 Å². The molecule has 9 heteroatoms. The lowest BCUT2D eigenvalue weighted by atomic mass is 10.2. The molecule has 2 aromatic carbocycles. The second-order valence-corrected chi connectivity index (χ2v) is 5.95. The second kappa shape index (κ2) is 8.22. The molecule has 0 bridgehead atoms. The molecule has 3 aromatic rings. The van der Waals surface area contributed by atoms with Crippen LogP contribution < -0.4 is 10.1 Å². The zero-order valence-electron chi connectivity index (χ0n) is 13.3. The summed E-state index contributed by atoms with van der Waals surface area (Å²) in [6.45, 7) is 0.249. The van der Waals surface area contributed by atoms with Gasteiger partial charge in [0.05, 0.1) is 4.47 Å². The third-order valence-corrected chi connectivity index (χ3v) is 3.90. The summed E-state index contributed by atoms with van der Waals surface area (Å²) in [6, 6.07) is 14.3. The van der Waals surface area contributed by atoms with E-state index in [0.717, 1.165) is 5.56 Å². The molecule has 1 heterocycles. The number of ether oxygens (including phenoxy) is 1. The molecule has 0 aliphatic rings. The van der Waals surface area contributed by atoms with Crippen molar-refractivity contribution in [3.63, 3.8) is 0 Å². The molecule has 7 nitrogen and oxygen atoms in total. The monoisotopic (exact) mass is 414 g/mol. The maximum Gasteiger partial charge on any atom is 0.216 e. The molecule has 0 spiro atoms. The van der Waals surface area contributed by atoms with Gasteiger partial charge in [0, 0.05) is 18.0 Å². The van der Waals surface area contributed by atoms with E-state index in [-0.39, 0.29) is 23.8 Å². The number of hydrogen-bond donors (Lipinski definition) is 2. The van der Waals surface area contributed by atoms with Gasteiger partial charge in [0.2, 0.25) is 5.82 Å². The van der Waals surface area contributed by atoms with E-state index in [0.29, 0.717) is 10.2 Å². The van der Waals surface area contributed by atoms with E-state index in [4.69, 9.17) is 10.00 Å². The van der Waals surface area contributed by atoms with Crippen molar-refractivity contribution in [1.29, 1.82) is 5.26 Å². The highest BCUT2D eigenvalue weighted by Crippen LogP contribution is 2.32. The third kappa shape index (κ3) is 4.23. The number of nitriles is 1. The van der Waals surface area contributed by atoms with Crippen molar-refractivity contribution >= 4 is 27.2 Å². The molecular formula is C17H12BrFN6O. The zero-order valence-corrected chi connectivity index (χ0v) is 14.9. The molecule has 0 saturated carbocycles. The number of anilines is 1. The van der Waals surface area contributed by atoms with Crippen molar-refractivity contribution in [3.05, 3.63) is 70.3 Å². The predicted molar refractivity (Wildman–Crippen MR) is 96.3 cm³/mol. The van der Waals surface area contributed by atoms with E-state index in [1.807, 2.05) is 36.4 Å². The molecule has 130 valence electrons. The van der Waals surface area contributed by atoms with Crippen LogP contribution in [0.2, 0.25) is 0 Å². The van der Waals surface area contributed by atoms with E-state index >= 15 is 0 Å². The molecule has 0 saturated heterocycles. The Morgan fingerprint density at radius 2 is 2.15 bits per heavy atom. The van der Waals surface area contributed by atoms with Crippen LogP contribution in [-0.2, 0) is 6.61 Å². The summed E-state index contributed by atoms with van der Waals surface area (Å²) in [5, 5.41) is 25.1. The van der Waals surface area contributed by atoms with Crippen molar-refractivity contribution in [1.82, 2.24) is 20.6 Å². The molecule has 0 aliphatic heterocycles. The molecule has 0 radical (unpaired) electrons. The third-order valence-electron chi connectivity index (χ3n) is 3.31. The van der Waals surface area contributed by atoms with E-state index in [1.165, 1.54) is 12.3 Å². The summed E-state index contributed by atoms with van der Waals surface area (Å²) in [4.78, 5) is 0. The predicted octanol–water partition coefficient (Wildman–Crippen LogP) is 3.66. The lowest BCUT2D eigenvalue weighted by Crippen LogP contribution is -2.00. The highest BCUT2D eigenvalue weighted by Gasteiger charge is 2.12. The highest BCUT2D eigenvalue weighted by molar-refractivity contribution is 9.10. The van der Waals surface area contributed by atoms with Crippen LogP contribution in [0.25, 0.3) is 5.57 Å². The van der Waals surface area contributed by atoms with Gasteiger partial charge in [-0.3, -0.25) is 0 Å². The first-order chi connectivity index (χ1) is 12.7. The van der Waals surface area contributed by atoms with Crippen LogP contribution in [0, 0.1) is 17.1 Å². The first kappa shape index (κ1) is 17.6. The summed E-state index contributed by atoms with van der Waals surface area (Å²) in [5.41, 5.74) is 1.51. The Bertz CT molecular complexity index is 930. The minimum atomic E-state index is -0.538. The smallest absolute Gasteiger partial charge is 0.216 e.